The van der Waals surface area contributed by atoms with Crippen LogP contribution in [0.5, 0.6) is 0 Å². The number of nitrogens with zero attached hydrogens (tertiary/aromatic N) is 3. The highest BCUT2D eigenvalue weighted by atomic mass is 32.2. The molecule has 2 aromatic rings. The van der Waals surface area contributed by atoms with Crippen LogP contribution in [-0.4, -0.2) is 27.3 Å². The number of rotatable bonds is 5. The minimum Gasteiger partial charge on any atom is -0.330 e. The zero-order valence-electron chi connectivity index (χ0n) is 10.8. The van der Waals surface area contributed by atoms with Crippen LogP contribution in [0.15, 0.2) is 35.4 Å². The highest BCUT2D eigenvalue weighted by Crippen LogP contribution is 2.39. The number of hydrogen-bond acceptors (Lipinski definition) is 4. The average Bonchev–Trinajstić information content (AvgIpc) is 3.05. The highest BCUT2D eigenvalue weighted by Gasteiger charge is 2.23. The molecule has 1 aromatic heterocycles. The van der Waals surface area contributed by atoms with Gasteiger partial charge in [0.2, 0.25) is 0 Å². The second-order valence-corrected chi connectivity index (χ2v) is 5.93. The summed E-state index contributed by atoms with van der Waals surface area (Å²) in [5, 5.41) is 8.42. The molecule has 0 spiro atoms. The van der Waals surface area contributed by atoms with Crippen LogP contribution in [-0.2, 0) is 13.0 Å². The molecule has 19 heavy (non-hydrogen) atoms. The van der Waals surface area contributed by atoms with E-state index in [-0.39, 0.29) is 0 Å². The second kappa shape index (κ2) is 5.75. The quantitative estimate of drug-likeness (QED) is 0.906. The highest BCUT2D eigenvalue weighted by molar-refractivity contribution is 7.99. The molecule has 0 aliphatic carbocycles. The van der Waals surface area contributed by atoms with Crippen molar-refractivity contribution in [3.8, 4) is 0 Å². The number of hydrogen-bond donors (Lipinski definition) is 1. The van der Waals surface area contributed by atoms with E-state index in [0.717, 1.165) is 30.8 Å². The normalized spacial score (nSPS) is 17.6. The average molecular weight is 274 g/mol. The molecule has 3 rings (SSSR count). The van der Waals surface area contributed by atoms with E-state index in [1.54, 1.807) is 0 Å². The Morgan fingerprint density at radius 3 is 3.16 bits per heavy atom. The van der Waals surface area contributed by atoms with Crippen LogP contribution in [0.2, 0.25) is 0 Å². The number of aromatic nitrogens is 3. The maximum absolute atomic E-state index is 5.51. The summed E-state index contributed by atoms with van der Waals surface area (Å²) in [6.07, 6.45) is 3.95. The summed E-state index contributed by atoms with van der Waals surface area (Å²) in [7, 11) is 0. The number of fused-ring (bicyclic) bond motifs is 1. The van der Waals surface area contributed by atoms with Crippen LogP contribution in [0.4, 0.5) is 0 Å². The van der Waals surface area contributed by atoms with E-state index in [2.05, 4.69) is 40.8 Å². The first kappa shape index (κ1) is 12.7. The molecule has 5 heteroatoms. The van der Waals surface area contributed by atoms with E-state index in [1.165, 1.54) is 10.5 Å². The van der Waals surface area contributed by atoms with Gasteiger partial charge in [0, 0.05) is 22.8 Å². The number of aryl methyl sites for hydroxylation is 1. The van der Waals surface area contributed by atoms with Crippen LogP contribution >= 0.6 is 11.8 Å². The molecule has 1 atom stereocenters. The Balaban J connectivity index is 1.68. The predicted octanol–water partition coefficient (Wildman–Crippen LogP) is 2.06. The van der Waals surface area contributed by atoms with Crippen molar-refractivity contribution in [2.75, 3.05) is 12.3 Å². The molecule has 1 aliphatic rings. The SMILES string of the molecule is NCCCc1cn(CC2CSc3ccccc32)nn1. The van der Waals surface area contributed by atoms with Crippen molar-refractivity contribution in [2.24, 2.45) is 5.73 Å². The van der Waals surface area contributed by atoms with Gasteiger partial charge in [-0.3, -0.25) is 4.68 Å². The number of benzene rings is 1. The Morgan fingerprint density at radius 2 is 2.26 bits per heavy atom. The third-order valence-electron chi connectivity index (χ3n) is 3.43. The molecule has 0 fully saturated rings. The minimum absolute atomic E-state index is 0.547. The molecule has 1 aliphatic heterocycles. The predicted molar refractivity (Wildman–Crippen MR) is 77.3 cm³/mol. The van der Waals surface area contributed by atoms with E-state index in [0.29, 0.717) is 12.5 Å². The van der Waals surface area contributed by atoms with Gasteiger partial charge in [-0.25, -0.2) is 0 Å². The Hall–Kier alpha value is -1.33. The van der Waals surface area contributed by atoms with Crippen molar-refractivity contribution in [1.29, 1.82) is 0 Å². The summed E-state index contributed by atoms with van der Waals surface area (Å²) >= 11 is 1.94. The van der Waals surface area contributed by atoms with Crippen molar-refractivity contribution in [3.05, 3.63) is 41.7 Å². The Bertz CT molecular complexity index is 552. The van der Waals surface area contributed by atoms with E-state index in [1.807, 2.05) is 16.4 Å². The first-order valence-electron chi connectivity index (χ1n) is 6.67. The van der Waals surface area contributed by atoms with Crippen molar-refractivity contribution >= 4 is 11.8 Å². The van der Waals surface area contributed by atoms with Crippen LogP contribution in [0, 0.1) is 0 Å². The Morgan fingerprint density at radius 1 is 1.37 bits per heavy atom. The van der Waals surface area contributed by atoms with Gasteiger partial charge in [-0.15, -0.1) is 16.9 Å². The largest absolute Gasteiger partial charge is 0.330 e. The zero-order valence-corrected chi connectivity index (χ0v) is 11.6. The van der Waals surface area contributed by atoms with Crippen molar-refractivity contribution in [1.82, 2.24) is 15.0 Å². The van der Waals surface area contributed by atoms with Gasteiger partial charge in [0.05, 0.1) is 12.2 Å². The standard InChI is InChI=1S/C14H18N4S/c15-7-3-4-12-9-18(17-16-12)8-11-10-19-14-6-2-1-5-13(11)14/h1-2,5-6,9,11H,3-4,7-8,10,15H2. The molecule has 2 heterocycles. The van der Waals surface area contributed by atoms with Gasteiger partial charge in [-0.05, 0) is 31.0 Å². The Labute approximate surface area is 117 Å². The van der Waals surface area contributed by atoms with Gasteiger partial charge in [0.25, 0.3) is 0 Å². The molecule has 0 amide bonds. The van der Waals surface area contributed by atoms with E-state index in [4.69, 9.17) is 5.73 Å². The van der Waals surface area contributed by atoms with Gasteiger partial charge < -0.3 is 5.73 Å². The maximum Gasteiger partial charge on any atom is 0.0827 e. The monoisotopic (exact) mass is 274 g/mol. The molecule has 1 unspecified atom stereocenters. The summed E-state index contributed by atoms with van der Waals surface area (Å²) in [6, 6.07) is 8.65. The number of nitrogens with two attached hydrogens (primary N) is 1. The molecular weight excluding hydrogens is 256 g/mol. The lowest BCUT2D eigenvalue weighted by molar-refractivity contribution is 0.532. The molecule has 0 saturated heterocycles. The lowest BCUT2D eigenvalue weighted by atomic mass is 10.0. The topological polar surface area (TPSA) is 56.7 Å². The van der Waals surface area contributed by atoms with Gasteiger partial charge in [0.15, 0.2) is 0 Å². The summed E-state index contributed by atoms with van der Waals surface area (Å²) in [4.78, 5) is 1.41. The molecule has 2 N–H and O–H groups in total. The fraction of sp³-hybridized carbons (Fsp3) is 0.429. The summed E-state index contributed by atoms with van der Waals surface area (Å²) in [5.74, 6) is 1.68. The van der Waals surface area contributed by atoms with Crippen LogP contribution in [0.1, 0.15) is 23.6 Å². The molecular formula is C14H18N4S. The second-order valence-electron chi connectivity index (χ2n) is 4.87. The van der Waals surface area contributed by atoms with Crippen molar-refractivity contribution in [3.63, 3.8) is 0 Å². The molecule has 0 radical (unpaired) electrons. The summed E-state index contributed by atoms with van der Waals surface area (Å²) in [5.41, 5.74) is 8.01. The Kier molecular flexibility index (Phi) is 3.84. The van der Waals surface area contributed by atoms with Gasteiger partial charge in [-0.1, -0.05) is 23.4 Å². The fourth-order valence-electron chi connectivity index (χ4n) is 2.43. The third kappa shape index (κ3) is 2.82. The van der Waals surface area contributed by atoms with Crippen molar-refractivity contribution in [2.45, 2.75) is 30.2 Å². The van der Waals surface area contributed by atoms with E-state index < -0.39 is 0 Å². The maximum atomic E-state index is 5.51. The van der Waals surface area contributed by atoms with Crippen LogP contribution < -0.4 is 5.73 Å². The number of thioether (sulfide) groups is 1. The van der Waals surface area contributed by atoms with Crippen LogP contribution in [0.25, 0.3) is 0 Å². The smallest absolute Gasteiger partial charge is 0.0827 e. The fourth-order valence-corrected chi connectivity index (χ4v) is 3.67. The van der Waals surface area contributed by atoms with Crippen LogP contribution in [0.3, 0.4) is 0 Å². The summed E-state index contributed by atoms with van der Waals surface area (Å²) in [6.45, 7) is 1.62. The molecule has 1 aromatic carbocycles. The van der Waals surface area contributed by atoms with E-state index >= 15 is 0 Å². The summed E-state index contributed by atoms with van der Waals surface area (Å²) < 4.78 is 1.97. The van der Waals surface area contributed by atoms with Gasteiger partial charge in [-0.2, -0.15) is 0 Å². The lowest BCUT2D eigenvalue weighted by Crippen LogP contribution is -2.09. The molecule has 0 saturated carbocycles. The van der Waals surface area contributed by atoms with Gasteiger partial charge >= 0.3 is 0 Å². The molecule has 100 valence electrons. The van der Waals surface area contributed by atoms with Gasteiger partial charge in [0.1, 0.15) is 0 Å². The first-order valence-corrected chi connectivity index (χ1v) is 7.66. The van der Waals surface area contributed by atoms with E-state index in [9.17, 15) is 0 Å². The molecule has 4 nitrogen and oxygen atoms in total. The zero-order chi connectivity index (χ0) is 13.1. The minimum atomic E-state index is 0.547. The first-order chi connectivity index (χ1) is 9.36. The lowest BCUT2D eigenvalue weighted by Gasteiger charge is -2.09. The molecule has 0 bridgehead atoms. The third-order valence-corrected chi connectivity index (χ3v) is 4.68. The van der Waals surface area contributed by atoms with Crippen molar-refractivity contribution < 1.29 is 0 Å².